The molecule has 0 saturated carbocycles. The van der Waals surface area contributed by atoms with E-state index in [1.165, 1.54) is 0 Å². The van der Waals surface area contributed by atoms with Gasteiger partial charge in [0.05, 0.1) is 6.42 Å². The number of aryl methyl sites for hydroxylation is 1. The van der Waals surface area contributed by atoms with Crippen molar-refractivity contribution in [2.24, 2.45) is 0 Å². The quantitative estimate of drug-likeness (QED) is 0.300. The molecular formula is C24H18N2O3. The Balaban J connectivity index is 1.29. The van der Waals surface area contributed by atoms with Crippen LogP contribution in [-0.2, 0) is 11.3 Å². The van der Waals surface area contributed by atoms with Gasteiger partial charge in [-0.15, -0.1) is 0 Å². The van der Waals surface area contributed by atoms with Crippen molar-refractivity contribution < 1.29 is 13.9 Å². The van der Waals surface area contributed by atoms with Gasteiger partial charge in [0.2, 0.25) is 5.89 Å². The molecule has 0 radical (unpaired) electrons. The van der Waals surface area contributed by atoms with Crippen molar-refractivity contribution in [1.82, 2.24) is 9.55 Å². The molecule has 2 aromatic heterocycles. The van der Waals surface area contributed by atoms with Crippen LogP contribution in [0, 0.1) is 0 Å². The molecule has 0 aliphatic carbocycles. The van der Waals surface area contributed by atoms with Crippen LogP contribution in [0.1, 0.15) is 6.42 Å². The SMILES string of the molecule is O=C(CCn1ccc2ccccc21)Oc1ccc2nc(-c3ccccc3)oc2c1. The summed E-state index contributed by atoms with van der Waals surface area (Å²) in [6, 6.07) is 25.1. The van der Waals surface area contributed by atoms with E-state index >= 15 is 0 Å². The topological polar surface area (TPSA) is 57.3 Å². The number of ether oxygens (including phenoxy) is 1. The largest absolute Gasteiger partial charge is 0.436 e. The summed E-state index contributed by atoms with van der Waals surface area (Å²) in [4.78, 5) is 16.8. The minimum atomic E-state index is -0.287. The lowest BCUT2D eigenvalue weighted by Crippen LogP contribution is -2.11. The van der Waals surface area contributed by atoms with Crippen molar-refractivity contribution in [2.45, 2.75) is 13.0 Å². The average Bonchev–Trinajstić information content (AvgIpc) is 3.37. The molecule has 5 aromatic rings. The lowest BCUT2D eigenvalue weighted by Gasteiger charge is -2.06. The van der Waals surface area contributed by atoms with Crippen molar-refractivity contribution >= 4 is 28.0 Å². The van der Waals surface area contributed by atoms with Crippen LogP contribution in [0.5, 0.6) is 5.75 Å². The molecule has 0 N–H and O–H groups in total. The Labute approximate surface area is 167 Å². The average molecular weight is 382 g/mol. The van der Waals surface area contributed by atoms with Gasteiger partial charge in [-0.05, 0) is 41.8 Å². The summed E-state index contributed by atoms with van der Waals surface area (Å²) in [5.41, 5.74) is 3.33. The first-order chi connectivity index (χ1) is 14.3. The Bertz CT molecular complexity index is 1300. The molecule has 0 saturated heterocycles. The smallest absolute Gasteiger partial charge is 0.312 e. The Hall–Kier alpha value is -3.86. The Kier molecular flexibility index (Phi) is 4.33. The van der Waals surface area contributed by atoms with Crippen molar-refractivity contribution in [3.05, 3.63) is 85.1 Å². The van der Waals surface area contributed by atoms with Crippen molar-refractivity contribution in [2.75, 3.05) is 0 Å². The maximum Gasteiger partial charge on any atom is 0.312 e. The Morgan fingerprint density at radius 2 is 1.79 bits per heavy atom. The maximum absolute atomic E-state index is 12.3. The number of hydrogen-bond acceptors (Lipinski definition) is 4. The predicted molar refractivity (Wildman–Crippen MR) is 112 cm³/mol. The van der Waals surface area contributed by atoms with Gasteiger partial charge in [0.1, 0.15) is 11.3 Å². The van der Waals surface area contributed by atoms with E-state index in [9.17, 15) is 4.79 Å². The number of nitrogens with zero attached hydrogens (tertiary/aromatic N) is 2. The molecule has 0 unspecified atom stereocenters. The van der Waals surface area contributed by atoms with E-state index in [4.69, 9.17) is 9.15 Å². The summed E-state index contributed by atoms with van der Waals surface area (Å²) in [6.45, 7) is 0.565. The molecule has 5 rings (SSSR count). The van der Waals surface area contributed by atoms with Crippen LogP contribution in [0.3, 0.4) is 0 Å². The second-order valence-corrected chi connectivity index (χ2v) is 6.81. The van der Waals surface area contributed by atoms with Gasteiger partial charge in [-0.3, -0.25) is 4.79 Å². The normalized spacial score (nSPS) is 11.2. The highest BCUT2D eigenvalue weighted by atomic mass is 16.5. The van der Waals surface area contributed by atoms with Gasteiger partial charge in [-0.1, -0.05) is 36.4 Å². The number of hydrogen-bond donors (Lipinski definition) is 0. The molecule has 0 aliphatic heterocycles. The molecular weight excluding hydrogens is 364 g/mol. The van der Waals surface area contributed by atoms with E-state index in [-0.39, 0.29) is 12.4 Å². The zero-order valence-electron chi connectivity index (χ0n) is 15.6. The van der Waals surface area contributed by atoms with Crippen LogP contribution in [0.4, 0.5) is 0 Å². The molecule has 5 nitrogen and oxygen atoms in total. The monoisotopic (exact) mass is 382 g/mol. The number of rotatable bonds is 5. The lowest BCUT2D eigenvalue weighted by atomic mass is 10.2. The lowest BCUT2D eigenvalue weighted by molar-refractivity contribution is -0.134. The van der Waals surface area contributed by atoms with Crippen LogP contribution < -0.4 is 4.74 Å². The van der Waals surface area contributed by atoms with Gasteiger partial charge in [0.25, 0.3) is 0 Å². The summed E-state index contributed by atoms with van der Waals surface area (Å²) in [6.07, 6.45) is 2.27. The molecule has 2 heterocycles. The van der Waals surface area contributed by atoms with Gasteiger partial charge in [0.15, 0.2) is 5.58 Å². The first-order valence-corrected chi connectivity index (χ1v) is 9.47. The minimum absolute atomic E-state index is 0.280. The number of para-hydroxylation sites is 1. The second kappa shape index (κ2) is 7.28. The maximum atomic E-state index is 12.3. The molecule has 0 spiro atoms. The molecule has 0 atom stereocenters. The summed E-state index contributed by atoms with van der Waals surface area (Å²) in [5, 5.41) is 1.16. The fraction of sp³-hybridized carbons (Fsp3) is 0.0833. The highest BCUT2D eigenvalue weighted by Gasteiger charge is 2.11. The molecule has 142 valence electrons. The van der Waals surface area contributed by atoms with Crippen LogP contribution in [0.25, 0.3) is 33.5 Å². The van der Waals surface area contributed by atoms with Crippen molar-refractivity contribution in [1.29, 1.82) is 0 Å². The fourth-order valence-electron chi connectivity index (χ4n) is 3.40. The zero-order chi connectivity index (χ0) is 19.6. The van der Waals surface area contributed by atoms with E-state index in [2.05, 4.69) is 15.6 Å². The first-order valence-electron chi connectivity index (χ1n) is 9.47. The van der Waals surface area contributed by atoms with E-state index in [0.29, 0.717) is 23.8 Å². The van der Waals surface area contributed by atoms with Crippen molar-refractivity contribution in [3.8, 4) is 17.2 Å². The number of oxazole rings is 1. The van der Waals surface area contributed by atoms with E-state index in [0.717, 1.165) is 22.0 Å². The van der Waals surface area contributed by atoms with Gasteiger partial charge >= 0.3 is 5.97 Å². The highest BCUT2D eigenvalue weighted by Crippen LogP contribution is 2.27. The minimum Gasteiger partial charge on any atom is -0.436 e. The van der Waals surface area contributed by atoms with Gasteiger partial charge in [0, 0.05) is 29.9 Å². The third-order valence-corrected chi connectivity index (χ3v) is 4.85. The molecule has 0 fully saturated rings. The number of carbonyl (C=O) groups is 1. The molecule has 29 heavy (non-hydrogen) atoms. The van der Waals surface area contributed by atoms with E-state index in [1.807, 2.05) is 60.8 Å². The second-order valence-electron chi connectivity index (χ2n) is 6.81. The fourth-order valence-corrected chi connectivity index (χ4v) is 3.40. The van der Waals surface area contributed by atoms with Gasteiger partial charge < -0.3 is 13.7 Å². The summed E-state index contributed by atoms with van der Waals surface area (Å²) in [7, 11) is 0. The van der Waals surface area contributed by atoms with Crippen LogP contribution >= 0.6 is 0 Å². The summed E-state index contributed by atoms with van der Waals surface area (Å²) < 4.78 is 13.4. The molecule has 5 heteroatoms. The third kappa shape index (κ3) is 3.50. The van der Waals surface area contributed by atoms with Gasteiger partial charge in [-0.2, -0.15) is 0 Å². The predicted octanol–water partition coefficient (Wildman–Crippen LogP) is 5.45. The van der Waals surface area contributed by atoms with Crippen LogP contribution in [0.15, 0.2) is 89.5 Å². The summed E-state index contributed by atoms with van der Waals surface area (Å²) >= 11 is 0. The molecule has 0 aliphatic rings. The van der Waals surface area contributed by atoms with Crippen LogP contribution in [0.2, 0.25) is 0 Å². The number of benzene rings is 3. The highest BCUT2D eigenvalue weighted by molar-refractivity contribution is 5.81. The van der Waals surface area contributed by atoms with Gasteiger partial charge in [-0.25, -0.2) is 4.98 Å². The van der Waals surface area contributed by atoms with Crippen LogP contribution in [-0.4, -0.2) is 15.5 Å². The number of carbonyl (C=O) groups excluding carboxylic acids is 1. The zero-order valence-corrected chi connectivity index (χ0v) is 15.6. The number of esters is 1. The molecule has 0 bridgehead atoms. The van der Waals surface area contributed by atoms with Crippen molar-refractivity contribution in [3.63, 3.8) is 0 Å². The molecule has 3 aromatic carbocycles. The molecule has 0 amide bonds. The van der Waals surface area contributed by atoms with E-state index < -0.39 is 0 Å². The Morgan fingerprint density at radius 3 is 2.69 bits per heavy atom. The number of fused-ring (bicyclic) bond motifs is 2. The standard InChI is InChI=1S/C24H18N2O3/c27-23(13-15-26-14-12-17-6-4-5-9-21(17)26)28-19-10-11-20-22(16-19)29-24(25-20)18-7-2-1-3-8-18/h1-12,14,16H,13,15H2. The first kappa shape index (κ1) is 17.3. The number of aromatic nitrogens is 2. The van der Waals surface area contributed by atoms with E-state index in [1.54, 1.807) is 18.2 Å². The third-order valence-electron chi connectivity index (χ3n) is 4.85. The summed E-state index contributed by atoms with van der Waals surface area (Å²) in [5.74, 6) is 0.712. The Morgan fingerprint density at radius 1 is 0.966 bits per heavy atom.